The largest absolute Gasteiger partial charge is 0.494 e. The molecule has 0 aliphatic heterocycles. The van der Waals surface area contributed by atoms with E-state index in [0.717, 1.165) is 12.8 Å². The Balaban J connectivity index is 1.70. The monoisotopic (exact) mass is 524 g/mol. The highest BCUT2D eigenvalue weighted by molar-refractivity contribution is 7.93. The van der Waals surface area contributed by atoms with Crippen LogP contribution in [0.15, 0.2) is 41.6 Å². The molecule has 4 rings (SSSR count). The number of ether oxygens (including phenoxy) is 1. The minimum absolute atomic E-state index is 0.0241. The van der Waals surface area contributed by atoms with Gasteiger partial charge in [-0.15, -0.1) is 10.2 Å². The van der Waals surface area contributed by atoms with Crippen LogP contribution in [0.25, 0.3) is 11.4 Å². The van der Waals surface area contributed by atoms with Gasteiger partial charge in [0.2, 0.25) is 5.91 Å². The van der Waals surface area contributed by atoms with E-state index in [0.29, 0.717) is 28.5 Å². The van der Waals surface area contributed by atoms with E-state index in [1.165, 1.54) is 32.6 Å². The van der Waals surface area contributed by atoms with Crippen LogP contribution in [0.4, 0.5) is 17.2 Å². The summed E-state index contributed by atoms with van der Waals surface area (Å²) in [6.07, 6.45) is 4.46. The van der Waals surface area contributed by atoms with Gasteiger partial charge in [0.15, 0.2) is 23.1 Å². The Kier molecular flexibility index (Phi) is 7.34. The molecule has 37 heavy (non-hydrogen) atoms. The predicted octanol–water partition coefficient (Wildman–Crippen LogP) is 3.21. The highest BCUT2D eigenvalue weighted by Gasteiger charge is 2.30. The maximum atomic E-state index is 12.6. The van der Waals surface area contributed by atoms with Crippen LogP contribution in [-0.2, 0) is 14.5 Å². The molecule has 1 atom stereocenters. The second-order valence-corrected chi connectivity index (χ2v) is 11.4. The molecule has 0 radical (unpaired) electrons. The van der Waals surface area contributed by atoms with Crippen LogP contribution in [0.5, 0.6) is 5.75 Å². The van der Waals surface area contributed by atoms with Crippen molar-refractivity contribution in [2.24, 2.45) is 5.92 Å². The SMILES string of the molecule is CNC(=O)c1nnc(NC(=O)C2CC2)cc1Nc1cccc(-c2ncc(S(=N)(=O)C(C)C)cn2)c1OC. The molecule has 4 N–H and O–H groups in total. The Morgan fingerprint density at radius 2 is 1.84 bits per heavy atom. The molecule has 13 heteroatoms. The van der Waals surface area contributed by atoms with Gasteiger partial charge in [-0.3, -0.25) is 9.59 Å². The summed E-state index contributed by atoms with van der Waals surface area (Å²) in [4.78, 5) is 33.6. The van der Waals surface area contributed by atoms with Gasteiger partial charge in [-0.1, -0.05) is 6.07 Å². The Morgan fingerprint density at radius 1 is 1.14 bits per heavy atom. The molecule has 2 aromatic heterocycles. The summed E-state index contributed by atoms with van der Waals surface area (Å²) in [6, 6.07) is 6.78. The third-order valence-electron chi connectivity index (χ3n) is 5.81. The maximum Gasteiger partial charge on any atom is 0.273 e. The Morgan fingerprint density at radius 3 is 2.43 bits per heavy atom. The van der Waals surface area contributed by atoms with Crippen molar-refractivity contribution < 1.29 is 18.5 Å². The summed E-state index contributed by atoms with van der Waals surface area (Å²) < 4.78 is 26.4. The third kappa shape index (κ3) is 5.50. The average molecular weight is 525 g/mol. The third-order valence-corrected chi connectivity index (χ3v) is 8.05. The molecule has 0 bridgehead atoms. The number of methoxy groups -OCH3 is 1. The smallest absolute Gasteiger partial charge is 0.273 e. The molecule has 2 amide bonds. The molecule has 1 unspecified atom stereocenters. The average Bonchev–Trinajstić information content (AvgIpc) is 3.74. The van der Waals surface area contributed by atoms with E-state index >= 15 is 0 Å². The lowest BCUT2D eigenvalue weighted by atomic mass is 10.1. The van der Waals surface area contributed by atoms with Crippen molar-refractivity contribution in [2.45, 2.75) is 36.8 Å². The number of aromatic nitrogens is 4. The number of carbonyl (C=O) groups is 2. The van der Waals surface area contributed by atoms with Crippen molar-refractivity contribution in [2.75, 3.05) is 24.8 Å². The quantitative estimate of drug-likeness (QED) is 0.328. The fraction of sp³-hybridized carbons (Fsp3) is 0.333. The van der Waals surface area contributed by atoms with Crippen molar-refractivity contribution in [1.29, 1.82) is 4.78 Å². The van der Waals surface area contributed by atoms with Crippen LogP contribution in [-0.4, -0.2) is 55.6 Å². The first kappa shape index (κ1) is 25.9. The van der Waals surface area contributed by atoms with Gasteiger partial charge in [-0.2, -0.15) is 0 Å². The van der Waals surface area contributed by atoms with E-state index in [2.05, 4.69) is 36.1 Å². The number of nitrogens with one attached hydrogen (secondary N) is 4. The molecule has 2 heterocycles. The van der Waals surface area contributed by atoms with Crippen LogP contribution in [0, 0.1) is 10.7 Å². The first-order chi connectivity index (χ1) is 17.6. The van der Waals surface area contributed by atoms with Gasteiger partial charge >= 0.3 is 0 Å². The molecule has 1 aliphatic carbocycles. The van der Waals surface area contributed by atoms with E-state index in [1.807, 2.05) is 0 Å². The molecule has 1 aliphatic rings. The molecular weight excluding hydrogens is 496 g/mol. The first-order valence-electron chi connectivity index (χ1n) is 11.6. The van der Waals surface area contributed by atoms with Crippen molar-refractivity contribution in [3.05, 3.63) is 42.4 Å². The molecule has 1 aromatic carbocycles. The summed E-state index contributed by atoms with van der Waals surface area (Å²) in [5.41, 5.74) is 1.35. The minimum atomic E-state index is -3.02. The van der Waals surface area contributed by atoms with Crippen molar-refractivity contribution >= 4 is 38.7 Å². The fourth-order valence-corrected chi connectivity index (χ4v) is 4.43. The topological polar surface area (TPSA) is 172 Å². The van der Waals surface area contributed by atoms with Crippen LogP contribution in [0.1, 0.15) is 37.2 Å². The minimum Gasteiger partial charge on any atom is -0.494 e. The molecule has 1 fully saturated rings. The number of hydrogen-bond donors (Lipinski definition) is 4. The van der Waals surface area contributed by atoms with Gasteiger partial charge in [0.05, 0.1) is 38.7 Å². The van der Waals surface area contributed by atoms with E-state index in [9.17, 15) is 13.8 Å². The highest BCUT2D eigenvalue weighted by atomic mass is 32.2. The zero-order valence-corrected chi connectivity index (χ0v) is 21.7. The van der Waals surface area contributed by atoms with E-state index < -0.39 is 15.6 Å². The maximum absolute atomic E-state index is 12.6. The number of nitrogens with zero attached hydrogens (tertiary/aromatic N) is 4. The summed E-state index contributed by atoms with van der Waals surface area (Å²) >= 11 is 0. The lowest BCUT2D eigenvalue weighted by Crippen LogP contribution is -2.22. The van der Waals surface area contributed by atoms with Crippen LogP contribution in [0.2, 0.25) is 0 Å². The van der Waals surface area contributed by atoms with Gasteiger partial charge in [0, 0.05) is 36.7 Å². The molecular formula is C24H28N8O4S. The van der Waals surface area contributed by atoms with E-state index in [1.54, 1.807) is 32.0 Å². The Hall–Kier alpha value is -4.13. The van der Waals surface area contributed by atoms with Gasteiger partial charge in [0.1, 0.15) is 0 Å². The normalized spacial score (nSPS) is 14.5. The summed E-state index contributed by atoms with van der Waals surface area (Å²) in [6.45, 7) is 3.43. The first-order valence-corrected chi connectivity index (χ1v) is 13.2. The lowest BCUT2D eigenvalue weighted by Gasteiger charge is -2.17. The van der Waals surface area contributed by atoms with Crippen molar-refractivity contribution in [3.63, 3.8) is 0 Å². The molecule has 3 aromatic rings. The number of amides is 2. The van der Waals surface area contributed by atoms with Crippen LogP contribution >= 0.6 is 0 Å². The van der Waals surface area contributed by atoms with Gasteiger partial charge in [-0.25, -0.2) is 19.0 Å². The zero-order chi connectivity index (χ0) is 26.7. The second-order valence-electron chi connectivity index (χ2n) is 8.74. The molecule has 12 nitrogen and oxygen atoms in total. The van der Waals surface area contributed by atoms with Crippen molar-refractivity contribution in [3.8, 4) is 17.1 Å². The number of rotatable bonds is 9. The molecule has 1 saturated carbocycles. The Bertz CT molecular complexity index is 1440. The lowest BCUT2D eigenvalue weighted by molar-refractivity contribution is -0.117. The van der Waals surface area contributed by atoms with E-state index in [4.69, 9.17) is 9.52 Å². The Labute approximate surface area is 214 Å². The predicted molar refractivity (Wildman–Crippen MR) is 138 cm³/mol. The number of benzene rings is 1. The number of carbonyl (C=O) groups excluding carboxylic acids is 2. The molecule has 0 saturated heterocycles. The molecule has 0 spiro atoms. The van der Waals surface area contributed by atoms with Crippen LogP contribution < -0.4 is 20.7 Å². The zero-order valence-electron chi connectivity index (χ0n) is 20.9. The standard InChI is InChI=1S/C24H28N8O4S/c1-13(2)37(25,35)15-11-27-22(28-12-15)16-6-5-7-17(21(16)36-4)29-18-10-19(30-23(33)14-8-9-14)31-32-20(18)24(34)26-3/h5-7,10-14,25H,8-9H2,1-4H3,(H,26,34)(H2,29,30,31,33). The fourth-order valence-electron chi connectivity index (χ4n) is 3.47. The molecule has 194 valence electrons. The van der Waals surface area contributed by atoms with Gasteiger partial charge in [-0.05, 0) is 38.8 Å². The number of anilines is 3. The summed E-state index contributed by atoms with van der Waals surface area (Å²) in [5, 5.41) is 16.0. The van der Waals surface area contributed by atoms with Crippen LogP contribution in [0.3, 0.4) is 0 Å². The summed E-state index contributed by atoms with van der Waals surface area (Å²) in [5.74, 6) is 0.276. The number of hydrogen-bond acceptors (Lipinski definition) is 10. The van der Waals surface area contributed by atoms with Gasteiger partial charge < -0.3 is 20.7 Å². The van der Waals surface area contributed by atoms with Crippen molar-refractivity contribution in [1.82, 2.24) is 25.5 Å². The summed E-state index contributed by atoms with van der Waals surface area (Å²) in [7, 11) is -0.0545. The number of para-hydroxylation sites is 1. The second kappa shape index (κ2) is 10.5. The van der Waals surface area contributed by atoms with Gasteiger partial charge in [0.25, 0.3) is 5.91 Å². The highest BCUT2D eigenvalue weighted by Crippen LogP contribution is 2.37. The van der Waals surface area contributed by atoms with E-state index in [-0.39, 0.29) is 33.5 Å².